The molecule has 1 aliphatic carbocycles. The fraction of sp³-hybridized carbons (Fsp3) is 0.529. The Hall–Kier alpha value is -1.84. The number of likely N-dealkylation sites (tertiary alicyclic amines) is 1. The predicted molar refractivity (Wildman–Crippen MR) is 78.6 cm³/mol. The first kappa shape index (κ1) is 14.1. The molecule has 1 amide bonds. The molecular weight excluding hydrogens is 266 g/mol. The molecule has 0 N–H and O–H groups in total. The molecular formula is C17H21NO3. The summed E-state index contributed by atoms with van der Waals surface area (Å²) in [5.74, 6) is 0.297. The zero-order valence-electron chi connectivity index (χ0n) is 12.5. The summed E-state index contributed by atoms with van der Waals surface area (Å²) < 4.78 is 5.42. The standard InChI is InChI=1S/C17H21NO3/c1-17(2)14-13(15(17)19)9-6-10-18(14)16(20)21-11-12-7-4-3-5-8-12/h3-5,7-8,13-14H,6,9-11H2,1-2H3/t13-,14+/m1/s1. The van der Waals surface area contributed by atoms with Crippen LogP contribution < -0.4 is 0 Å². The minimum atomic E-state index is -0.434. The average Bonchev–Trinajstić information content (AvgIpc) is 2.52. The van der Waals surface area contributed by atoms with E-state index in [-0.39, 0.29) is 30.4 Å². The molecule has 1 aliphatic heterocycles. The van der Waals surface area contributed by atoms with Gasteiger partial charge in [0.05, 0.1) is 6.04 Å². The van der Waals surface area contributed by atoms with Gasteiger partial charge < -0.3 is 9.64 Å². The Morgan fingerprint density at radius 2 is 2.05 bits per heavy atom. The van der Waals surface area contributed by atoms with E-state index in [2.05, 4.69) is 0 Å². The maximum Gasteiger partial charge on any atom is 0.410 e. The molecule has 2 aliphatic rings. The second-order valence-corrected chi connectivity index (χ2v) is 6.51. The molecule has 1 saturated carbocycles. The lowest BCUT2D eigenvalue weighted by Crippen LogP contribution is -2.69. The van der Waals surface area contributed by atoms with Crippen molar-refractivity contribution in [1.29, 1.82) is 0 Å². The molecule has 112 valence electrons. The third-order valence-corrected chi connectivity index (χ3v) is 4.78. The number of carbonyl (C=O) groups excluding carboxylic acids is 2. The lowest BCUT2D eigenvalue weighted by molar-refractivity contribution is -0.159. The molecule has 1 saturated heterocycles. The molecule has 1 aromatic rings. The van der Waals surface area contributed by atoms with Crippen LogP contribution in [0, 0.1) is 11.3 Å². The average molecular weight is 287 g/mol. The number of piperidine rings is 1. The summed E-state index contributed by atoms with van der Waals surface area (Å²) in [6.07, 6.45) is 1.48. The van der Waals surface area contributed by atoms with E-state index in [1.165, 1.54) is 0 Å². The van der Waals surface area contributed by atoms with Crippen LogP contribution in [0.3, 0.4) is 0 Å². The van der Waals surface area contributed by atoms with Crippen LogP contribution in [0.4, 0.5) is 4.79 Å². The van der Waals surface area contributed by atoms with Gasteiger partial charge in [-0.05, 0) is 18.4 Å². The van der Waals surface area contributed by atoms with Crippen LogP contribution in [0.1, 0.15) is 32.3 Å². The Morgan fingerprint density at radius 1 is 1.33 bits per heavy atom. The minimum Gasteiger partial charge on any atom is -0.445 e. The van der Waals surface area contributed by atoms with Crippen LogP contribution in [-0.2, 0) is 16.1 Å². The number of nitrogens with zero attached hydrogens (tertiary/aromatic N) is 1. The number of ether oxygens (including phenoxy) is 1. The van der Waals surface area contributed by atoms with Crippen molar-refractivity contribution < 1.29 is 14.3 Å². The number of ketones is 1. The Kier molecular flexibility index (Phi) is 3.47. The summed E-state index contributed by atoms with van der Waals surface area (Å²) in [6.45, 7) is 4.83. The molecule has 0 bridgehead atoms. The molecule has 0 aromatic heterocycles. The van der Waals surface area contributed by atoms with E-state index < -0.39 is 5.41 Å². The van der Waals surface area contributed by atoms with Crippen molar-refractivity contribution in [1.82, 2.24) is 4.90 Å². The molecule has 0 spiro atoms. The molecule has 1 aromatic carbocycles. The molecule has 1 heterocycles. The van der Waals surface area contributed by atoms with Gasteiger partial charge in [-0.1, -0.05) is 44.2 Å². The number of benzene rings is 1. The number of Topliss-reactive ketones (excluding diaryl/α,β-unsaturated/α-hetero) is 1. The van der Waals surface area contributed by atoms with Crippen LogP contribution in [-0.4, -0.2) is 29.4 Å². The molecule has 0 unspecified atom stereocenters. The molecule has 2 atom stereocenters. The highest BCUT2D eigenvalue weighted by Gasteiger charge is 2.60. The number of hydrogen-bond acceptors (Lipinski definition) is 3. The molecule has 4 heteroatoms. The van der Waals surface area contributed by atoms with E-state index in [4.69, 9.17) is 4.74 Å². The van der Waals surface area contributed by atoms with Gasteiger partial charge in [-0.3, -0.25) is 4.79 Å². The van der Waals surface area contributed by atoms with Crippen LogP contribution >= 0.6 is 0 Å². The van der Waals surface area contributed by atoms with Crippen molar-refractivity contribution in [3.63, 3.8) is 0 Å². The SMILES string of the molecule is CC1(C)C(=O)[C@@H]2CCCN(C(=O)OCc3ccccc3)[C@@H]21. The Labute approximate surface area is 125 Å². The van der Waals surface area contributed by atoms with Gasteiger partial charge in [0.2, 0.25) is 0 Å². The molecule has 0 radical (unpaired) electrons. The van der Waals surface area contributed by atoms with Gasteiger partial charge in [0, 0.05) is 17.9 Å². The van der Waals surface area contributed by atoms with Gasteiger partial charge in [-0.25, -0.2) is 4.79 Å². The maximum atomic E-state index is 12.3. The van der Waals surface area contributed by atoms with Gasteiger partial charge in [-0.15, -0.1) is 0 Å². The summed E-state index contributed by atoms with van der Waals surface area (Å²) >= 11 is 0. The summed E-state index contributed by atoms with van der Waals surface area (Å²) in [4.78, 5) is 26.2. The van der Waals surface area contributed by atoms with E-state index in [0.717, 1.165) is 18.4 Å². The van der Waals surface area contributed by atoms with Crippen molar-refractivity contribution in [2.45, 2.75) is 39.3 Å². The Balaban J connectivity index is 1.65. The number of amides is 1. The first-order valence-corrected chi connectivity index (χ1v) is 7.53. The van der Waals surface area contributed by atoms with Crippen molar-refractivity contribution >= 4 is 11.9 Å². The van der Waals surface area contributed by atoms with E-state index >= 15 is 0 Å². The Bertz CT molecular complexity index is 552. The van der Waals surface area contributed by atoms with Gasteiger partial charge >= 0.3 is 6.09 Å². The topological polar surface area (TPSA) is 46.6 Å². The highest BCUT2D eigenvalue weighted by Crippen LogP contribution is 2.49. The summed E-state index contributed by atoms with van der Waals surface area (Å²) in [7, 11) is 0. The third-order valence-electron chi connectivity index (χ3n) is 4.78. The molecule has 2 fully saturated rings. The predicted octanol–water partition coefficient (Wildman–Crippen LogP) is 3.01. The van der Waals surface area contributed by atoms with Crippen LogP contribution in [0.5, 0.6) is 0 Å². The minimum absolute atomic E-state index is 0.00187. The summed E-state index contributed by atoms with van der Waals surface area (Å²) in [5, 5.41) is 0. The fourth-order valence-electron chi connectivity index (χ4n) is 3.70. The molecule has 4 nitrogen and oxygen atoms in total. The molecule has 3 rings (SSSR count). The van der Waals surface area contributed by atoms with Gasteiger partial charge in [-0.2, -0.15) is 0 Å². The van der Waals surface area contributed by atoms with Crippen LogP contribution in [0.15, 0.2) is 30.3 Å². The van der Waals surface area contributed by atoms with Gasteiger partial charge in [0.1, 0.15) is 12.4 Å². The second kappa shape index (κ2) is 5.17. The van der Waals surface area contributed by atoms with Crippen molar-refractivity contribution in [2.24, 2.45) is 11.3 Å². The van der Waals surface area contributed by atoms with Crippen molar-refractivity contribution in [3.8, 4) is 0 Å². The fourth-order valence-corrected chi connectivity index (χ4v) is 3.70. The third kappa shape index (κ3) is 2.33. The van der Waals surface area contributed by atoms with E-state index in [9.17, 15) is 9.59 Å². The highest BCUT2D eigenvalue weighted by atomic mass is 16.6. The number of carbonyl (C=O) groups is 2. The normalized spacial score (nSPS) is 26.8. The Morgan fingerprint density at radius 3 is 2.76 bits per heavy atom. The van der Waals surface area contributed by atoms with Crippen molar-refractivity contribution in [2.75, 3.05) is 6.54 Å². The lowest BCUT2D eigenvalue weighted by Gasteiger charge is -2.56. The monoisotopic (exact) mass is 287 g/mol. The second-order valence-electron chi connectivity index (χ2n) is 6.51. The quantitative estimate of drug-likeness (QED) is 0.840. The zero-order chi connectivity index (χ0) is 15.0. The first-order chi connectivity index (χ1) is 10.0. The van der Waals surface area contributed by atoms with E-state index in [1.807, 2.05) is 44.2 Å². The smallest absolute Gasteiger partial charge is 0.410 e. The molecule has 21 heavy (non-hydrogen) atoms. The largest absolute Gasteiger partial charge is 0.445 e. The van der Waals surface area contributed by atoms with E-state index in [0.29, 0.717) is 6.54 Å². The summed E-state index contributed by atoms with van der Waals surface area (Å²) in [5.41, 5.74) is 0.542. The van der Waals surface area contributed by atoms with Gasteiger partial charge in [0.25, 0.3) is 0 Å². The van der Waals surface area contributed by atoms with Crippen LogP contribution in [0.25, 0.3) is 0 Å². The highest BCUT2D eigenvalue weighted by molar-refractivity contribution is 5.95. The van der Waals surface area contributed by atoms with Crippen molar-refractivity contribution in [3.05, 3.63) is 35.9 Å². The van der Waals surface area contributed by atoms with E-state index in [1.54, 1.807) is 4.90 Å². The maximum absolute atomic E-state index is 12.3. The van der Waals surface area contributed by atoms with Crippen LogP contribution in [0.2, 0.25) is 0 Å². The number of hydrogen-bond donors (Lipinski definition) is 0. The number of rotatable bonds is 2. The summed E-state index contributed by atoms with van der Waals surface area (Å²) in [6, 6.07) is 9.65. The number of fused-ring (bicyclic) bond motifs is 1. The van der Waals surface area contributed by atoms with Gasteiger partial charge in [0.15, 0.2) is 0 Å². The zero-order valence-corrected chi connectivity index (χ0v) is 12.5. The first-order valence-electron chi connectivity index (χ1n) is 7.53. The lowest BCUT2D eigenvalue weighted by atomic mass is 9.55.